The van der Waals surface area contributed by atoms with E-state index >= 15 is 0 Å². The summed E-state index contributed by atoms with van der Waals surface area (Å²) in [6, 6.07) is 7.76. The standard InChI is InChI=1S/C24H26F2N6O2/c25-24(26)13-16(14-24)23-20(15-32(30-23)18-1-2-18)34-19-4-6-27-21(12-19)29-17-3-5-28-22(11-17)31-7-9-33-10-8-31/h3-6,11-12,15-16,18H,1-2,7-10,13-14H2,(H,27,28,29). The van der Waals surface area contributed by atoms with Gasteiger partial charge in [-0.05, 0) is 25.0 Å². The molecule has 1 N–H and O–H groups in total. The largest absolute Gasteiger partial charge is 0.454 e. The number of morpholine rings is 1. The number of aromatic nitrogens is 4. The van der Waals surface area contributed by atoms with Crippen molar-refractivity contribution in [2.75, 3.05) is 36.5 Å². The van der Waals surface area contributed by atoms with Crippen LogP contribution < -0.4 is 15.0 Å². The molecule has 10 heteroatoms. The molecule has 2 aliphatic carbocycles. The molecule has 6 rings (SSSR count). The van der Waals surface area contributed by atoms with Crippen LogP contribution in [0.15, 0.2) is 42.9 Å². The van der Waals surface area contributed by atoms with Crippen LogP contribution in [0.2, 0.25) is 0 Å². The Balaban J connectivity index is 1.19. The van der Waals surface area contributed by atoms with Crippen molar-refractivity contribution in [3.8, 4) is 11.5 Å². The van der Waals surface area contributed by atoms with E-state index in [4.69, 9.17) is 9.47 Å². The third kappa shape index (κ3) is 4.54. The van der Waals surface area contributed by atoms with E-state index in [-0.39, 0.29) is 18.8 Å². The van der Waals surface area contributed by atoms with Crippen LogP contribution in [-0.4, -0.2) is 52.0 Å². The molecule has 8 nitrogen and oxygen atoms in total. The lowest BCUT2D eigenvalue weighted by Crippen LogP contribution is -2.36. The Morgan fingerprint density at radius 2 is 1.85 bits per heavy atom. The smallest absolute Gasteiger partial charge is 0.249 e. The fourth-order valence-electron chi connectivity index (χ4n) is 4.41. The van der Waals surface area contributed by atoms with Crippen LogP contribution in [0.3, 0.4) is 0 Å². The molecule has 3 fully saturated rings. The van der Waals surface area contributed by atoms with Crippen LogP contribution >= 0.6 is 0 Å². The van der Waals surface area contributed by atoms with Gasteiger partial charge in [0.25, 0.3) is 0 Å². The third-order valence-electron chi connectivity index (χ3n) is 6.44. The molecule has 34 heavy (non-hydrogen) atoms. The number of nitrogens with one attached hydrogen (secondary N) is 1. The van der Waals surface area contributed by atoms with Crippen molar-refractivity contribution in [1.29, 1.82) is 0 Å². The van der Waals surface area contributed by atoms with Crippen LogP contribution in [0.5, 0.6) is 11.5 Å². The summed E-state index contributed by atoms with van der Waals surface area (Å²) in [4.78, 5) is 11.1. The molecule has 3 aliphatic rings. The number of hydrogen-bond donors (Lipinski definition) is 1. The number of nitrogens with zero attached hydrogens (tertiary/aromatic N) is 5. The Morgan fingerprint density at radius 3 is 2.62 bits per heavy atom. The van der Waals surface area contributed by atoms with Crippen LogP contribution in [0, 0.1) is 0 Å². The first-order valence-corrected chi connectivity index (χ1v) is 11.7. The second kappa shape index (κ2) is 8.50. The fraction of sp³-hybridized carbons (Fsp3) is 0.458. The monoisotopic (exact) mass is 468 g/mol. The lowest BCUT2D eigenvalue weighted by atomic mass is 9.79. The average molecular weight is 469 g/mol. The first-order chi connectivity index (χ1) is 16.5. The summed E-state index contributed by atoms with van der Waals surface area (Å²) in [7, 11) is 0. The molecule has 0 spiro atoms. The predicted molar refractivity (Wildman–Crippen MR) is 122 cm³/mol. The minimum Gasteiger partial charge on any atom is -0.454 e. The molecule has 1 aliphatic heterocycles. The molecule has 0 unspecified atom stereocenters. The maximum Gasteiger partial charge on any atom is 0.249 e. The average Bonchev–Trinajstić information content (AvgIpc) is 3.59. The summed E-state index contributed by atoms with van der Waals surface area (Å²) in [6.45, 7) is 3.00. The molecule has 3 aromatic rings. The second-order valence-electron chi connectivity index (χ2n) is 9.16. The van der Waals surface area contributed by atoms with Gasteiger partial charge in [-0.15, -0.1) is 0 Å². The Bertz CT molecular complexity index is 1170. The highest BCUT2D eigenvalue weighted by Gasteiger charge is 2.48. The normalized spacial score (nSPS) is 20.1. The number of pyridine rings is 2. The molecule has 0 bridgehead atoms. The molecule has 4 heterocycles. The van der Waals surface area contributed by atoms with Crippen LogP contribution in [0.25, 0.3) is 0 Å². The molecular formula is C24H26F2N6O2. The van der Waals surface area contributed by atoms with Gasteiger partial charge >= 0.3 is 0 Å². The third-order valence-corrected chi connectivity index (χ3v) is 6.44. The summed E-state index contributed by atoms with van der Waals surface area (Å²) < 4.78 is 40.5. The highest BCUT2D eigenvalue weighted by molar-refractivity contribution is 5.61. The molecular weight excluding hydrogens is 442 g/mol. The lowest BCUT2D eigenvalue weighted by Gasteiger charge is -2.34. The zero-order valence-corrected chi connectivity index (χ0v) is 18.7. The van der Waals surface area contributed by atoms with Crippen LogP contribution in [0.4, 0.5) is 26.1 Å². The van der Waals surface area contributed by atoms with Gasteiger partial charge in [-0.25, -0.2) is 18.7 Å². The van der Waals surface area contributed by atoms with Crippen LogP contribution in [-0.2, 0) is 4.74 Å². The zero-order valence-electron chi connectivity index (χ0n) is 18.7. The highest BCUT2D eigenvalue weighted by atomic mass is 19.3. The maximum atomic E-state index is 13.5. The number of hydrogen-bond acceptors (Lipinski definition) is 7. The second-order valence-corrected chi connectivity index (χ2v) is 9.16. The lowest BCUT2D eigenvalue weighted by molar-refractivity contribution is -0.0879. The van der Waals surface area contributed by atoms with E-state index in [0.29, 0.717) is 42.3 Å². The van der Waals surface area contributed by atoms with E-state index < -0.39 is 5.92 Å². The quantitative estimate of drug-likeness (QED) is 0.529. The molecule has 178 valence electrons. The topological polar surface area (TPSA) is 77.3 Å². The van der Waals surface area contributed by atoms with Gasteiger partial charge in [0.1, 0.15) is 23.1 Å². The van der Waals surface area contributed by atoms with Crippen molar-refractivity contribution in [3.63, 3.8) is 0 Å². The van der Waals surface area contributed by atoms with E-state index in [1.54, 1.807) is 24.5 Å². The molecule has 0 amide bonds. The van der Waals surface area contributed by atoms with Gasteiger partial charge < -0.3 is 19.7 Å². The molecule has 1 saturated heterocycles. The maximum absolute atomic E-state index is 13.5. The van der Waals surface area contributed by atoms with Gasteiger partial charge in [-0.1, -0.05) is 0 Å². The first kappa shape index (κ1) is 21.3. The Morgan fingerprint density at radius 1 is 1.06 bits per heavy atom. The number of rotatable bonds is 7. The number of ether oxygens (including phenoxy) is 2. The van der Waals surface area contributed by atoms with Crippen molar-refractivity contribution in [1.82, 2.24) is 19.7 Å². The van der Waals surface area contributed by atoms with E-state index in [1.165, 1.54) is 0 Å². The van der Waals surface area contributed by atoms with Gasteiger partial charge in [-0.2, -0.15) is 5.10 Å². The fourth-order valence-corrected chi connectivity index (χ4v) is 4.41. The Labute approximate surface area is 195 Å². The summed E-state index contributed by atoms with van der Waals surface area (Å²) in [5.74, 6) is -0.271. The minimum atomic E-state index is -2.61. The highest BCUT2D eigenvalue weighted by Crippen LogP contribution is 2.51. The molecule has 0 radical (unpaired) electrons. The first-order valence-electron chi connectivity index (χ1n) is 11.7. The van der Waals surface area contributed by atoms with Gasteiger partial charge in [-0.3, -0.25) is 4.68 Å². The SMILES string of the molecule is FC1(F)CC(c2nn(C3CC3)cc2Oc2ccnc(Nc3ccnc(N4CCOCC4)c3)c2)C1. The van der Waals surface area contributed by atoms with Crippen molar-refractivity contribution in [2.24, 2.45) is 0 Å². The van der Waals surface area contributed by atoms with Gasteiger partial charge in [0.2, 0.25) is 5.92 Å². The van der Waals surface area contributed by atoms with E-state index in [1.807, 2.05) is 23.0 Å². The molecule has 0 aromatic carbocycles. The van der Waals surface area contributed by atoms with E-state index in [2.05, 4.69) is 25.3 Å². The molecule has 0 atom stereocenters. The molecule has 3 aromatic heterocycles. The Kier molecular flexibility index (Phi) is 5.32. The van der Waals surface area contributed by atoms with Crippen molar-refractivity contribution < 1.29 is 18.3 Å². The molecule has 2 saturated carbocycles. The summed E-state index contributed by atoms with van der Waals surface area (Å²) in [6.07, 6.45) is 7.02. The number of anilines is 3. The van der Waals surface area contributed by atoms with Crippen molar-refractivity contribution in [2.45, 2.75) is 43.6 Å². The zero-order chi connectivity index (χ0) is 23.1. The van der Waals surface area contributed by atoms with Crippen molar-refractivity contribution >= 4 is 17.3 Å². The van der Waals surface area contributed by atoms with E-state index in [0.717, 1.165) is 37.4 Å². The van der Waals surface area contributed by atoms with Crippen molar-refractivity contribution in [3.05, 3.63) is 48.5 Å². The minimum absolute atomic E-state index is 0.179. The van der Waals surface area contributed by atoms with Gasteiger partial charge in [0.15, 0.2) is 5.75 Å². The van der Waals surface area contributed by atoms with Gasteiger partial charge in [0, 0.05) is 62.1 Å². The number of alkyl halides is 2. The van der Waals surface area contributed by atoms with E-state index in [9.17, 15) is 8.78 Å². The van der Waals surface area contributed by atoms with Crippen LogP contribution in [0.1, 0.15) is 43.3 Å². The summed E-state index contributed by atoms with van der Waals surface area (Å²) in [5, 5.41) is 7.91. The number of halogens is 2. The predicted octanol–water partition coefficient (Wildman–Crippen LogP) is 4.89. The Hall–Kier alpha value is -3.27. The summed E-state index contributed by atoms with van der Waals surface area (Å²) in [5.41, 5.74) is 1.48. The summed E-state index contributed by atoms with van der Waals surface area (Å²) >= 11 is 0. The van der Waals surface area contributed by atoms with Gasteiger partial charge in [0.05, 0.1) is 25.5 Å².